The van der Waals surface area contributed by atoms with E-state index in [1.165, 1.54) is 6.92 Å². The highest BCUT2D eigenvalue weighted by molar-refractivity contribution is 5.98. The molecule has 0 aliphatic carbocycles. The molecule has 1 heterocycles. The lowest BCUT2D eigenvalue weighted by Crippen LogP contribution is -2.15. The van der Waals surface area contributed by atoms with Crippen LogP contribution in [0.3, 0.4) is 0 Å². The summed E-state index contributed by atoms with van der Waals surface area (Å²) in [5, 5.41) is 1.79. The molecule has 0 saturated carbocycles. The Morgan fingerprint density at radius 2 is 1.86 bits per heavy atom. The topological polar surface area (TPSA) is 55.0 Å². The SMILES string of the molecule is COc1ccc(-c2nc(C)c(F)c(=O)[nH]2)c2ccccc12. The van der Waals surface area contributed by atoms with Gasteiger partial charge in [-0.25, -0.2) is 4.98 Å². The van der Waals surface area contributed by atoms with Gasteiger partial charge in [0.15, 0.2) is 0 Å². The molecular formula is C16H13FN2O2. The zero-order valence-electron chi connectivity index (χ0n) is 11.6. The molecule has 0 aliphatic heterocycles. The molecule has 3 rings (SSSR count). The first-order chi connectivity index (χ1) is 10.1. The fraction of sp³-hybridized carbons (Fsp3) is 0.125. The van der Waals surface area contributed by atoms with E-state index < -0.39 is 11.4 Å². The van der Waals surface area contributed by atoms with Crippen LogP contribution in [0.4, 0.5) is 4.39 Å². The summed E-state index contributed by atoms with van der Waals surface area (Å²) in [5.41, 5.74) is 0.0395. The summed E-state index contributed by atoms with van der Waals surface area (Å²) in [5.74, 6) is 0.227. The number of halogens is 1. The van der Waals surface area contributed by atoms with E-state index >= 15 is 0 Å². The first-order valence-electron chi connectivity index (χ1n) is 6.44. The number of nitrogens with one attached hydrogen (secondary N) is 1. The number of ether oxygens (including phenoxy) is 1. The lowest BCUT2D eigenvalue weighted by molar-refractivity contribution is 0.420. The van der Waals surface area contributed by atoms with Gasteiger partial charge >= 0.3 is 0 Å². The number of aromatic nitrogens is 2. The van der Waals surface area contributed by atoms with Gasteiger partial charge in [0.25, 0.3) is 5.56 Å². The molecule has 0 amide bonds. The zero-order valence-corrected chi connectivity index (χ0v) is 11.6. The van der Waals surface area contributed by atoms with Crippen LogP contribution in [0.2, 0.25) is 0 Å². The van der Waals surface area contributed by atoms with Gasteiger partial charge in [0, 0.05) is 10.9 Å². The Morgan fingerprint density at radius 3 is 2.52 bits per heavy atom. The number of hydrogen-bond acceptors (Lipinski definition) is 3. The molecule has 4 nitrogen and oxygen atoms in total. The van der Waals surface area contributed by atoms with Crippen LogP contribution >= 0.6 is 0 Å². The number of methoxy groups -OCH3 is 1. The summed E-state index contributed by atoms with van der Waals surface area (Å²) in [6.45, 7) is 1.47. The Morgan fingerprint density at radius 1 is 1.14 bits per heavy atom. The van der Waals surface area contributed by atoms with Crippen LogP contribution in [0.25, 0.3) is 22.2 Å². The second-order valence-corrected chi connectivity index (χ2v) is 4.67. The first-order valence-corrected chi connectivity index (χ1v) is 6.44. The fourth-order valence-electron chi connectivity index (χ4n) is 2.35. The standard InChI is InChI=1S/C16H13FN2O2/c1-9-14(17)16(20)19-15(18-9)12-7-8-13(21-2)11-6-4-3-5-10(11)12/h3-8H,1-2H3,(H,18,19,20). The molecule has 5 heteroatoms. The normalized spacial score (nSPS) is 10.8. The van der Waals surface area contributed by atoms with Crippen molar-refractivity contribution in [2.24, 2.45) is 0 Å². The number of aryl methyl sites for hydroxylation is 1. The smallest absolute Gasteiger partial charge is 0.287 e. The molecule has 0 radical (unpaired) electrons. The van der Waals surface area contributed by atoms with E-state index in [2.05, 4.69) is 9.97 Å². The van der Waals surface area contributed by atoms with Crippen LogP contribution in [-0.4, -0.2) is 17.1 Å². The highest BCUT2D eigenvalue weighted by Gasteiger charge is 2.12. The number of benzene rings is 2. The molecule has 3 aromatic rings. The van der Waals surface area contributed by atoms with E-state index in [-0.39, 0.29) is 5.69 Å². The third-order valence-corrected chi connectivity index (χ3v) is 3.39. The van der Waals surface area contributed by atoms with Gasteiger partial charge in [-0.1, -0.05) is 24.3 Å². The molecule has 0 aliphatic rings. The van der Waals surface area contributed by atoms with E-state index in [4.69, 9.17) is 4.74 Å². The van der Waals surface area contributed by atoms with Crippen molar-refractivity contribution in [1.82, 2.24) is 9.97 Å². The van der Waals surface area contributed by atoms with Crippen LogP contribution < -0.4 is 10.3 Å². The molecular weight excluding hydrogens is 271 g/mol. The highest BCUT2D eigenvalue weighted by Crippen LogP contribution is 2.32. The third kappa shape index (κ3) is 2.16. The van der Waals surface area contributed by atoms with Crippen molar-refractivity contribution >= 4 is 10.8 Å². The fourth-order valence-corrected chi connectivity index (χ4v) is 2.35. The lowest BCUT2D eigenvalue weighted by Gasteiger charge is -2.10. The predicted octanol–water partition coefficient (Wildman–Crippen LogP) is 3.05. The summed E-state index contributed by atoms with van der Waals surface area (Å²) < 4.78 is 18.8. The molecule has 0 spiro atoms. The Balaban J connectivity index is 2.34. The number of H-pyrrole nitrogens is 1. The van der Waals surface area contributed by atoms with Crippen molar-refractivity contribution in [3.8, 4) is 17.1 Å². The number of fused-ring (bicyclic) bond motifs is 1. The first kappa shape index (κ1) is 13.3. The summed E-state index contributed by atoms with van der Waals surface area (Å²) >= 11 is 0. The van der Waals surface area contributed by atoms with Gasteiger partial charge in [-0.05, 0) is 24.4 Å². The van der Waals surface area contributed by atoms with Gasteiger partial charge in [-0.2, -0.15) is 4.39 Å². The van der Waals surface area contributed by atoms with Crippen molar-refractivity contribution in [1.29, 1.82) is 0 Å². The Labute approximate surface area is 120 Å². The Kier molecular flexibility index (Phi) is 3.17. The van der Waals surface area contributed by atoms with E-state index in [9.17, 15) is 9.18 Å². The van der Waals surface area contributed by atoms with E-state index in [1.54, 1.807) is 19.2 Å². The maximum Gasteiger partial charge on any atom is 0.287 e. The average molecular weight is 284 g/mol. The summed E-state index contributed by atoms with van der Waals surface area (Å²) in [7, 11) is 1.60. The van der Waals surface area contributed by atoms with Gasteiger partial charge in [0.2, 0.25) is 5.82 Å². The molecule has 1 N–H and O–H groups in total. The maximum atomic E-state index is 13.4. The quantitative estimate of drug-likeness (QED) is 0.787. The van der Waals surface area contributed by atoms with Crippen LogP contribution in [-0.2, 0) is 0 Å². The van der Waals surface area contributed by atoms with Crippen LogP contribution in [0.5, 0.6) is 5.75 Å². The van der Waals surface area contributed by atoms with Gasteiger partial charge < -0.3 is 9.72 Å². The number of hydrogen-bond donors (Lipinski definition) is 1. The number of nitrogens with zero attached hydrogens (tertiary/aromatic N) is 1. The van der Waals surface area contributed by atoms with Crippen molar-refractivity contribution in [2.45, 2.75) is 6.92 Å². The molecule has 0 fully saturated rings. The minimum atomic E-state index is -0.850. The van der Waals surface area contributed by atoms with Gasteiger partial charge in [-0.3, -0.25) is 4.79 Å². The maximum absolute atomic E-state index is 13.4. The second kappa shape index (κ2) is 5.01. The molecule has 1 aromatic heterocycles. The molecule has 0 bridgehead atoms. The van der Waals surface area contributed by atoms with Crippen molar-refractivity contribution in [2.75, 3.05) is 7.11 Å². The monoisotopic (exact) mass is 284 g/mol. The average Bonchev–Trinajstić information content (AvgIpc) is 2.51. The van der Waals surface area contributed by atoms with E-state index in [0.717, 1.165) is 22.1 Å². The van der Waals surface area contributed by atoms with Crippen molar-refractivity contribution in [3.63, 3.8) is 0 Å². The molecule has 21 heavy (non-hydrogen) atoms. The molecule has 0 atom stereocenters. The molecule has 0 saturated heterocycles. The highest BCUT2D eigenvalue weighted by atomic mass is 19.1. The van der Waals surface area contributed by atoms with Crippen LogP contribution in [0.1, 0.15) is 5.69 Å². The van der Waals surface area contributed by atoms with E-state index in [1.807, 2.05) is 24.3 Å². The van der Waals surface area contributed by atoms with Gasteiger partial charge in [0.05, 0.1) is 12.8 Å². The predicted molar refractivity (Wildman–Crippen MR) is 79.0 cm³/mol. The van der Waals surface area contributed by atoms with Crippen molar-refractivity contribution < 1.29 is 9.13 Å². The summed E-state index contributed by atoms with van der Waals surface area (Å²) in [6, 6.07) is 11.2. The van der Waals surface area contributed by atoms with Crippen LogP contribution in [0.15, 0.2) is 41.2 Å². The minimum Gasteiger partial charge on any atom is -0.496 e. The molecule has 2 aromatic carbocycles. The van der Waals surface area contributed by atoms with E-state index in [0.29, 0.717) is 5.82 Å². The minimum absolute atomic E-state index is 0.0775. The summed E-state index contributed by atoms with van der Waals surface area (Å²) in [4.78, 5) is 18.2. The second-order valence-electron chi connectivity index (χ2n) is 4.67. The third-order valence-electron chi connectivity index (χ3n) is 3.39. The number of aromatic amines is 1. The molecule has 106 valence electrons. The van der Waals surface area contributed by atoms with Crippen molar-refractivity contribution in [3.05, 3.63) is 58.3 Å². The van der Waals surface area contributed by atoms with Gasteiger partial charge in [-0.15, -0.1) is 0 Å². The van der Waals surface area contributed by atoms with Crippen LogP contribution in [0, 0.1) is 12.7 Å². The molecule has 0 unspecified atom stereocenters. The zero-order chi connectivity index (χ0) is 15.0. The number of rotatable bonds is 2. The Bertz CT molecular complexity index is 887. The van der Waals surface area contributed by atoms with Gasteiger partial charge in [0.1, 0.15) is 11.6 Å². The summed E-state index contributed by atoms with van der Waals surface area (Å²) in [6.07, 6.45) is 0. The lowest BCUT2D eigenvalue weighted by atomic mass is 10.0. The largest absolute Gasteiger partial charge is 0.496 e. The Hall–Kier alpha value is -2.69.